The minimum Gasteiger partial charge on any atom is -0.443 e. The number of carbonyl (C=O) groups excluding carboxylic acids is 2. The highest BCUT2D eigenvalue weighted by Gasteiger charge is 2.37. The molecule has 2 aliphatic heterocycles. The maximum atomic E-state index is 13.8. The van der Waals surface area contributed by atoms with Crippen LogP contribution in [0.2, 0.25) is 18.1 Å². The zero-order valence-corrected chi connectivity index (χ0v) is 31.2. The van der Waals surface area contributed by atoms with E-state index in [9.17, 15) is 9.59 Å². The van der Waals surface area contributed by atoms with Crippen LogP contribution in [0.25, 0.3) is 22.2 Å². The average Bonchev–Trinajstić information content (AvgIpc) is 3.52. The number of piperazine rings is 1. The number of rotatable bonds is 9. The minimum atomic E-state index is -1.73. The largest absolute Gasteiger partial charge is 0.443 e. The highest BCUT2D eigenvalue weighted by molar-refractivity contribution is 6.74. The van der Waals surface area contributed by atoms with E-state index in [4.69, 9.17) is 9.16 Å². The molecule has 0 bridgehead atoms. The van der Waals surface area contributed by atoms with Gasteiger partial charge in [-0.05, 0) is 94.0 Å². The number of nitrogens with one attached hydrogen (secondary N) is 1. The molecule has 1 fully saturated rings. The number of hydrogen-bond donors (Lipinski definition) is 1. The maximum Gasteiger partial charge on any atom is 0.419 e. The Hall–Kier alpha value is -3.02. The van der Waals surface area contributed by atoms with Gasteiger partial charge in [0.15, 0.2) is 8.32 Å². The van der Waals surface area contributed by atoms with Crippen molar-refractivity contribution in [3.05, 3.63) is 58.7 Å². The minimum absolute atomic E-state index is 0.112. The Morgan fingerprint density at radius 3 is 2.26 bits per heavy atom. The monoisotopic (exact) mass is 661 g/mol. The second-order valence-corrected chi connectivity index (χ2v) is 20.9. The predicted molar refractivity (Wildman–Crippen MR) is 192 cm³/mol. The van der Waals surface area contributed by atoms with Gasteiger partial charge in [0, 0.05) is 69.9 Å². The lowest BCUT2D eigenvalue weighted by Gasteiger charge is -2.38. The molecule has 1 saturated heterocycles. The van der Waals surface area contributed by atoms with Crippen molar-refractivity contribution in [3.63, 3.8) is 0 Å². The van der Waals surface area contributed by atoms with E-state index in [1.54, 1.807) is 4.57 Å². The summed E-state index contributed by atoms with van der Waals surface area (Å²) >= 11 is 0. The summed E-state index contributed by atoms with van der Waals surface area (Å²) in [7, 11) is 2.33. The second-order valence-electron chi connectivity index (χ2n) is 16.1. The molecule has 0 saturated carbocycles. The topological polar surface area (TPSA) is 79.3 Å². The molecule has 3 aromatic rings. The summed E-state index contributed by atoms with van der Waals surface area (Å²) < 4.78 is 14.0. The Bertz CT molecular complexity index is 1620. The predicted octanol–water partition coefficient (Wildman–Crippen LogP) is 6.54. The quantitative estimate of drug-likeness (QED) is 0.261. The summed E-state index contributed by atoms with van der Waals surface area (Å²) in [5.74, 6) is -0.112. The van der Waals surface area contributed by atoms with Crippen LogP contribution in [0, 0.1) is 0 Å². The van der Waals surface area contributed by atoms with Crippen LogP contribution in [0.3, 0.4) is 0 Å². The van der Waals surface area contributed by atoms with E-state index < -0.39 is 20.0 Å². The van der Waals surface area contributed by atoms with Gasteiger partial charge in [-0.1, -0.05) is 32.9 Å². The average molecular weight is 662 g/mol. The standard InChI is InChI=1S/C37H55N5O4Si/c1-36(2,3)46-35(44)42-31-12-11-26(25-41-15-13-40(14-16-41)17-18-45-47(9,10)37(4,5)6)19-28(31)22-32(42)30-21-27(24-39(7)8)20-29-23-38-34(43)33(29)30/h11-12,19-22H,13-18,23-25H2,1-10H3,(H,38,43). The Labute approximate surface area is 282 Å². The van der Waals surface area contributed by atoms with Crippen LogP contribution in [0.15, 0.2) is 36.4 Å². The van der Waals surface area contributed by atoms with Gasteiger partial charge in [0.05, 0.1) is 16.8 Å². The fourth-order valence-electron chi connectivity index (χ4n) is 6.24. The third-order valence-corrected chi connectivity index (χ3v) is 14.2. The van der Waals surface area contributed by atoms with Crippen LogP contribution in [-0.2, 0) is 28.8 Å². The molecule has 47 heavy (non-hydrogen) atoms. The third-order valence-electron chi connectivity index (χ3n) is 9.71. The lowest BCUT2D eigenvalue weighted by atomic mass is 9.96. The lowest BCUT2D eigenvalue weighted by molar-refractivity contribution is 0.0546. The van der Waals surface area contributed by atoms with Crippen LogP contribution in [0.1, 0.15) is 68.6 Å². The number of aromatic nitrogens is 1. The summed E-state index contributed by atoms with van der Waals surface area (Å²) in [6.45, 7) is 25.0. The first-order chi connectivity index (χ1) is 21.9. The van der Waals surface area contributed by atoms with E-state index >= 15 is 0 Å². The van der Waals surface area contributed by atoms with Gasteiger partial charge in [0.25, 0.3) is 5.91 Å². The highest BCUT2D eigenvalue weighted by atomic mass is 28.4. The first kappa shape index (κ1) is 35.3. The van der Waals surface area contributed by atoms with Gasteiger partial charge in [-0.3, -0.25) is 14.6 Å². The van der Waals surface area contributed by atoms with E-state index in [-0.39, 0.29) is 10.9 Å². The van der Waals surface area contributed by atoms with E-state index in [1.165, 1.54) is 5.56 Å². The van der Waals surface area contributed by atoms with Crippen molar-refractivity contribution < 1.29 is 18.8 Å². The fraction of sp³-hybridized carbons (Fsp3) is 0.568. The zero-order valence-electron chi connectivity index (χ0n) is 30.2. The smallest absolute Gasteiger partial charge is 0.419 e. The Kier molecular flexibility index (Phi) is 10.1. The van der Waals surface area contributed by atoms with Crippen molar-refractivity contribution >= 4 is 31.2 Å². The molecule has 1 amide bonds. The third kappa shape index (κ3) is 8.17. The van der Waals surface area contributed by atoms with Gasteiger partial charge in [-0.15, -0.1) is 0 Å². The van der Waals surface area contributed by atoms with E-state index in [2.05, 4.69) is 78.1 Å². The summed E-state index contributed by atoms with van der Waals surface area (Å²) in [6.07, 6.45) is -0.450. The molecule has 0 atom stereocenters. The van der Waals surface area contributed by atoms with Gasteiger partial charge in [-0.25, -0.2) is 9.36 Å². The van der Waals surface area contributed by atoms with Gasteiger partial charge < -0.3 is 19.4 Å². The van der Waals surface area contributed by atoms with Crippen LogP contribution in [-0.4, -0.2) is 98.6 Å². The molecule has 0 spiro atoms. The highest BCUT2D eigenvalue weighted by Crippen LogP contribution is 2.37. The first-order valence-corrected chi connectivity index (χ1v) is 19.9. The van der Waals surface area contributed by atoms with E-state index in [1.807, 2.05) is 47.0 Å². The molecule has 256 valence electrons. The van der Waals surface area contributed by atoms with Gasteiger partial charge >= 0.3 is 6.09 Å². The van der Waals surface area contributed by atoms with E-state index in [0.29, 0.717) is 17.8 Å². The molecule has 3 heterocycles. The molecule has 0 aliphatic carbocycles. The van der Waals surface area contributed by atoms with Gasteiger partial charge in [0.1, 0.15) is 5.60 Å². The van der Waals surface area contributed by atoms with Crippen molar-refractivity contribution in [2.75, 3.05) is 53.4 Å². The Balaban J connectivity index is 1.38. The van der Waals surface area contributed by atoms with Crippen molar-refractivity contribution in [1.29, 1.82) is 0 Å². The SMILES string of the molecule is CN(C)Cc1cc2c(c(-c3cc4cc(CN5CCN(CCO[Si](C)(C)C(C)(C)C)CC5)ccc4n3C(=O)OC(C)(C)C)c1)C(=O)NC2. The molecule has 1 aromatic heterocycles. The molecule has 2 aliphatic rings. The molecule has 10 heteroatoms. The summed E-state index contributed by atoms with van der Waals surface area (Å²) in [5, 5.41) is 4.17. The summed E-state index contributed by atoms with van der Waals surface area (Å²) in [6, 6.07) is 12.5. The number of nitrogens with zero attached hydrogens (tertiary/aromatic N) is 4. The molecule has 9 nitrogen and oxygen atoms in total. The lowest BCUT2D eigenvalue weighted by Crippen LogP contribution is -2.48. The molecule has 2 aromatic carbocycles. The molecular weight excluding hydrogens is 607 g/mol. The van der Waals surface area contributed by atoms with Gasteiger partial charge in [-0.2, -0.15) is 0 Å². The number of carbonyl (C=O) groups is 2. The van der Waals surface area contributed by atoms with Crippen molar-refractivity contribution in [2.24, 2.45) is 0 Å². The normalized spacial score (nSPS) is 16.6. The number of fused-ring (bicyclic) bond motifs is 2. The molecule has 1 N–H and O–H groups in total. The van der Waals surface area contributed by atoms with Crippen molar-refractivity contribution in [2.45, 2.75) is 84.9 Å². The number of benzene rings is 2. The molecule has 0 unspecified atom stereocenters. The first-order valence-electron chi connectivity index (χ1n) is 17.0. The molecule has 0 radical (unpaired) electrons. The van der Waals surface area contributed by atoms with E-state index in [0.717, 1.165) is 80.0 Å². The number of hydrogen-bond acceptors (Lipinski definition) is 7. The van der Waals surface area contributed by atoms with Crippen molar-refractivity contribution in [3.8, 4) is 11.3 Å². The zero-order chi connectivity index (χ0) is 34.3. The number of amides is 1. The summed E-state index contributed by atoms with van der Waals surface area (Å²) in [4.78, 5) is 34.0. The molecular formula is C37H55N5O4Si. The van der Waals surface area contributed by atoms with Gasteiger partial charge in [0.2, 0.25) is 0 Å². The fourth-order valence-corrected chi connectivity index (χ4v) is 7.27. The van der Waals surface area contributed by atoms with Crippen LogP contribution < -0.4 is 5.32 Å². The second kappa shape index (κ2) is 13.5. The van der Waals surface area contributed by atoms with Crippen LogP contribution >= 0.6 is 0 Å². The Morgan fingerprint density at radius 1 is 0.936 bits per heavy atom. The van der Waals surface area contributed by atoms with Crippen LogP contribution in [0.5, 0.6) is 0 Å². The Morgan fingerprint density at radius 2 is 1.62 bits per heavy atom. The van der Waals surface area contributed by atoms with Crippen LogP contribution in [0.4, 0.5) is 4.79 Å². The number of ether oxygens (including phenoxy) is 1. The summed E-state index contributed by atoms with van der Waals surface area (Å²) in [5.41, 5.74) is 5.41. The molecule has 5 rings (SSSR count). The maximum absolute atomic E-state index is 13.8. The van der Waals surface area contributed by atoms with Crippen molar-refractivity contribution in [1.82, 2.24) is 24.6 Å².